The van der Waals surface area contributed by atoms with Crippen molar-refractivity contribution in [3.8, 4) is 0 Å². The number of rotatable bonds is 4. The Balaban J connectivity index is 2.38. The second-order valence-corrected chi connectivity index (χ2v) is 6.23. The van der Waals surface area contributed by atoms with E-state index < -0.39 is 21.7 Å². The van der Waals surface area contributed by atoms with E-state index in [9.17, 15) is 17.2 Å². The molecule has 7 heteroatoms. The van der Waals surface area contributed by atoms with Crippen LogP contribution in [0.3, 0.4) is 0 Å². The molecule has 0 radical (unpaired) electrons. The number of nitrogens with two attached hydrogens (primary N) is 1. The summed E-state index contributed by atoms with van der Waals surface area (Å²) in [5, 5.41) is 0. The summed E-state index contributed by atoms with van der Waals surface area (Å²) >= 11 is 0. The molecule has 0 saturated carbocycles. The lowest BCUT2D eigenvalue weighted by Crippen LogP contribution is -2.15. The Morgan fingerprint density at radius 2 is 1.81 bits per heavy atom. The number of benzene rings is 2. The molecule has 0 aliphatic carbocycles. The molecule has 0 aliphatic heterocycles. The number of hydrogen-bond acceptors (Lipinski definition) is 3. The fraction of sp³-hybridized carbons (Fsp3) is 0.143. The highest BCUT2D eigenvalue weighted by Gasteiger charge is 2.17. The fourth-order valence-electron chi connectivity index (χ4n) is 1.78. The van der Waals surface area contributed by atoms with Gasteiger partial charge in [-0.3, -0.25) is 4.72 Å². The molecule has 0 saturated heterocycles. The highest BCUT2D eigenvalue weighted by atomic mass is 32.2. The largest absolute Gasteiger partial charge is 0.326 e. The average molecular weight is 312 g/mol. The summed E-state index contributed by atoms with van der Waals surface area (Å²) in [4.78, 5) is -0.177. The van der Waals surface area contributed by atoms with Gasteiger partial charge in [0.05, 0.1) is 10.6 Å². The van der Waals surface area contributed by atoms with Gasteiger partial charge in [0.25, 0.3) is 10.0 Å². The van der Waals surface area contributed by atoms with Gasteiger partial charge in [0.2, 0.25) is 0 Å². The fourth-order valence-corrected chi connectivity index (χ4v) is 2.90. The van der Waals surface area contributed by atoms with Gasteiger partial charge in [-0.1, -0.05) is 6.07 Å². The number of halogens is 2. The quantitative estimate of drug-likeness (QED) is 0.911. The molecule has 0 amide bonds. The van der Waals surface area contributed by atoms with Crippen LogP contribution < -0.4 is 10.5 Å². The molecule has 21 heavy (non-hydrogen) atoms. The Kier molecular flexibility index (Phi) is 4.24. The van der Waals surface area contributed by atoms with Crippen molar-refractivity contribution in [3.63, 3.8) is 0 Å². The van der Waals surface area contributed by atoms with Gasteiger partial charge in [0.1, 0.15) is 11.6 Å². The van der Waals surface area contributed by atoms with Crippen molar-refractivity contribution in [2.45, 2.75) is 18.4 Å². The van der Waals surface area contributed by atoms with Crippen LogP contribution in [0.1, 0.15) is 11.1 Å². The van der Waals surface area contributed by atoms with Gasteiger partial charge in [-0.25, -0.2) is 17.2 Å². The van der Waals surface area contributed by atoms with Gasteiger partial charge in [-0.15, -0.1) is 0 Å². The molecule has 2 rings (SSSR count). The maximum Gasteiger partial charge on any atom is 0.261 e. The van der Waals surface area contributed by atoms with E-state index in [2.05, 4.69) is 4.72 Å². The van der Waals surface area contributed by atoms with E-state index in [0.717, 1.165) is 18.2 Å². The van der Waals surface area contributed by atoms with Crippen molar-refractivity contribution < 1.29 is 17.2 Å². The molecule has 112 valence electrons. The van der Waals surface area contributed by atoms with E-state index in [-0.39, 0.29) is 22.7 Å². The molecule has 0 heterocycles. The molecular weight excluding hydrogens is 298 g/mol. The minimum atomic E-state index is -4.01. The van der Waals surface area contributed by atoms with Gasteiger partial charge >= 0.3 is 0 Å². The molecule has 4 nitrogen and oxygen atoms in total. The second kappa shape index (κ2) is 5.79. The monoisotopic (exact) mass is 312 g/mol. The molecule has 0 aromatic heterocycles. The van der Waals surface area contributed by atoms with Crippen LogP contribution in [-0.4, -0.2) is 8.42 Å². The zero-order chi connectivity index (χ0) is 15.6. The maximum absolute atomic E-state index is 13.7. The van der Waals surface area contributed by atoms with E-state index in [1.807, 2.05) is 0 Å². The van der Waals surface area contributed by atoms with E-state index in [1.165, 1.54) is 12.1 Å². The number of aryl methyl sites for hydroxylation is 1. The predicted molar refractivity (Wildman–Crippen MR) is 76.2 cm³/mol. The number of anilines is 1. The standard InChI is InChI=1S/C14H14F2N2O2S/c1-9-2-5-14(13(16)6-9)18-21(19,20)11-3-4-12(15)10(7-11)8-17/h2-7,18H,8,17H2,1H3. The Labute approximate surface area is 121 Å². The summed E-state index contributed by atoms with van der Waals surface area (Å²) in [6, 6.07) is 7.37. The van der Waals surface area contributed by atoms with Gasteiger partial charge < -0.3 is 5.73 Å². The number of nitrogens with one attached hydrogen (secondary N) is 1. The minimum Gasteiger partial charge on any atom is -0.326 e. The van der Waals surface area contributed by atoms with E-state index >= 15 is 0 Å². The van der Waals surface area contributed by atoms with E-state index in [0.29, 0.717) is 5.56 Å². The molecule has 0 spiro atoms. The topological polar surface area (TPSA) is 72.2 Å². The van der Waals surface area contributed by atoms with Crippen molar-refractivity contribution in [3.05, 3.63) is 59.2 Å². The van der Waals surface area contributed by atoms with Crippen molar-refractivity contribution in [2.24, 2.45) is 5.73 Å². The predicted octanol–water partition coefficient (Wildman–Crippen LogP) is 2.53. The van der Waals surface area contributed by atoms with Crippen molar-refractivity contribution in [1.82, 2.24) is 0 Å². The van der Waals surface area contributed by atoms with Crippen molar-refractivity contribution in [2.75, 3.05) is 4.72 Å². The number of sulfonamides is 1. The third kappa shape index (κ3) is 3.37. The number of hydrogen-bond donors (Lipinski definition) is 2. The molecule has 2 aromatic rings. The lowest BCUT2D eigenvalue weighted by atomic mass is 10.2. The first kappa shape index (κ1) is 15.4. The van der Waals surface area contributed by atoms with Gasteiger partial charge in [-0.2, -0.15) is 0 Å². The van der Waals surface area contributed by atoms with Crippen LogP contribution in [-0.2, 0) is 16.6 Å². The third-order valence-electron chi connectivity index (χ3n) is 2.92. The molecule has 0 atom stereocenters. The lowest BCUT2D eigenvalue weighted by molar-refractivity contribution is 0.594. The summed E-state index contributed by atoms with van der Waals surface area (Å²) < 4.78 is 53.5. The zero-order valence-corrected chi connectivity index (χ0v) is 12.0. The van der Waals surface area contributed by atoms with Gasteiger partial charge in [-0.05, 0) is 42.8 Å². The Morgan fingerprint density at radius 1 is 1.10 bits per heavy atom. The lowest BCUT2D eigenvalue weighted by Gasteiger charge is -2.10. The Bertz CT molecular complexity index is 777. The summed E-state index contributed by atoms with van der Waals surface area (Å²) in [5.74, 6) is -1.27. The normalized spacial score (nSPS) is 11.4. The average Bonchev–Trinajstić information content (AvgIpc) is 2.42. The van der Waals surface area contributed by atoms with Crippen molar-refractivity contribution >= 4 is 15.7 Å². The maximum atomic E-state index is 13.7. The molecule has 2 aromatic carbocycles. The van der Waals surface area contributed by atoms with Gasteiger partial charge in [0.15, 0.2) is 0 Å². The molecule has 0 unspecified atom stereocenters. The summed E-state index contributed by atoms with van der Waals surface area (Å²) in [6.07, 6.45) is 0. The molecule has 0 fully saturated rings. The Hall–Kier alpha value is -1.99. The summed E-state index contributed by atoms with van der Waals surface area (Å²) in [7, 11) is -4.01. The molecular formula is C14H14F2N2O2S. The van der Waals surface area contributed by atoms with Crippen LogP contribution in [0.5, 0.6) is 0 Å². The Morgan fingerprint density at radius 3 is 2.43 bits per heavy atom. The van der Waals surface area contributed by atoms with Crippen LogP contribution in [0, 0.1) is 18.6 Å². The van der Waals surface area contributed by atoms with E-state index in [4.69, 9.17) is 5.73 Å². The summed E-state index contributed by atoms with van der Waals surface area (Å²) in [6.45, 7) is 1.56. The van der Waals surface area contributed by atoms with Crippen LogP contribution in [0.4, 0.5) is 14.5 Å². The first-order valence-corrected chi connectivity index (χ1v) is 7.59. The highest BCUT2D eigenvalue weighted by Crippen LogP contribution is 2.21. The molecule has 0 aliphatic rings. The van der Waals surface area contributed by atoms with Crippen LogP contribution in [0.15, 0.2) is 41.3 Å². The van der Waals surface area contributed by atoms with Gasteiger partial charge in [0, 0.05) is 12.1 Å². The minimum absolute atomic E-state index is 0.0715. The van der Waals surface area contributed by atoms with Crippen LogP contribution in [0.2, 0.25) is 0 Å². The SMILES string of the molecule is Cc1ccc(NS(=O)(=O)c2ccc(F)c(CN)c2)c(F)c1. The highest BCUT2D eigenvalue weighted by molar-refractivity contribution is 7.92. The van der Waals surface area contributed by atoms with Crippen molar-refractivity contribution in [1.29, 1.82) is 0 Å². The first-order valence-electron chi connectivity index (χ1n) is 6.11. The van der Waals surface area contributed by atoms with E-state index in [1.54, 1.807) is 13.0 Å². The molecule has 0 bridgehead atoms. The molecule has 3 N–H and O–H groups in total. The summed E-state index contributed by atoms with van der Waals surface area (Å²) in [5.41, 5.74) is 5.91. The second-order valence-electron chi connectivity index (χ2n) is 4.55. The van der Waals surface area contributed by atoms with Crippen LogP contribution >= 0.6 is 0 Å². The van der Waals surface area contributed by atoms with Crippen LogP contribution in [0.25, 0.3) is 0 Å². The smallest absolute Gasteiger partial charge is 0.261 e. The zero-order valence-electron chi connectivity index (χ0n) is 11.2. The third-order valence-corrected chi connectivity index (χ3v) is 4.28. The first-order chi connectivity index (χ1) is 9.83.